The molecule has 0 aliphatic rings. The zero-order valence-corrected chi connectivity index (χ0v) is 11.9. The quantitative estimate of drug-likeness (QED) is 0.627. The maximum atomic E-state index is 12.5. The maximum absolute atomic E-state index is 12.5. The number of halogens is 3. The molecule has 0 spiro atoms. The standard InChI is InChI=1S/C16H15F3NO2/c1-2-22-14-5-3-12(4-6-14)15(21)11-20-9-7-13(8-10-20)16(17,18)19/h3-10H,2,11H2,1H3/q+1. The average Bonchev–Trinajstić information content (AvgIpc) is 2.48. The number of aromatic nitrogens is 1. The Morgan fingerprint density at radius 3 is 2.18 bits per heavy atom. The van der Waals surface area contributed by atoms with E-state index in [1.807, 2.05) is 6.92 Å². The minimum Gasteiger partial charge on any atom is -0.494 e. The highest BCUT2D eigenvalue weighted by Gasteiger charge is 2.31. The molecule has 116 valence electrons. The van der Waals surface area contributed by atoms with Crippen LogP contribution in [0.4, 0.5) is 13.2 Å². The van der Waals surface area contributed by atoms with Gasteiger partial charge in [-0.1, -0.05) is 0 Å². The molecule has 1 aromatic heterocycles. The third kappa shape index (κ3) is 4.07. The SMILES string of the molecule is CCOc1ccc(C(=O)C[n+]2ccc(C(F)(F)F)cc2)cc1. The second-order valence-corrected chi connectivity index (χ2v) is 4.64. The van der Waals surface area contributed by atoms with Gasteiger partial charge in [0.05, 0.1) is 12.2 Å². The van der Waals surface area contributed by atoms with E-state index in [2.05, 4.69) is 0 Å². The molecule has 0 fully saturated rings. The Morgan fingerprint density at radius 1 is 1.09 bits per heavy atom. The van der Waals surface area contributed by atoms with Gasteiger partial charge in [0.15, 0.2) is 12.4 Å². The minimum absolute atomic E-state index is 0.0217. The number of hydrogen-bond acceptors (Lipinski definition) is 2. The summed E-state index contributed by atoms with van der Waals surface area (Å²) in [5, 5.41) is 0. The highest BCUT2D eigenvalue weighted by molar-refractivity contribution is 5.95. The molecule has 2 rings (SSSR count). The first kappa shape index (κ1) is 16.0. The van der Waals surface area contributed by atoms with Gasteiger partial charge in [-0.2, -0.15) is 17.7 Å². The van der Waals surface area contributed by atoms with Crippen LogP contribution in [0.1, 0.15) is 22.8 Å². The van der Waals surface area contributed by atoms with E-state index >= 15 is 0 Å². The molecule has 0 saturated carbocycles. The average molecular weight is 310 g/mol. The lowest BCUT2D eigenvalue weighted by Gasteiger charge is -2.05. The Labute approximate surface area is 126 Å². The summed E-state index contributed by atoms with van der Waals surface area (Å²) < 4.78 is 44.1. The van der Waals surface area contributed by atoms with Gasteiger partial charge in [-0.05, 0) is 31.2 Å². The zero-order chi connectivity index (χ0) is 16.2. The van der Waals surface area contributed by atoms with Crippen molar-refractivity contribution in [2.45, 2.75) is 19.6 Å². The van der Waals surface area contributed by atoms with E-state index in [-0.39, 0.29) is 12.3 Å². The van der Waals surface area contributed by atoms with Crippen LogP contribution in [0.5, 0.6) is 5.75 Å². The lowest BCUT2D eigenvalue weighted by Crippen LogP contribution is -2.37. The number of rotatable bonds is 5. The fraction of sp³-hybridized carbons (Fsp3) is 0.250. The smallest absolute Gasteiger partial charge is 0.416 e. The van der Waals surface area contributed by atoms with Crippen molar-refractivity contribution in [3.05, 3.63) is 59.9 Å². The summed E-state index contributed by atoms with van der Waals surface area (Å²) in [5.41, 5.74) is -0.256. The molecule has 0 aliphatic carbocycles. The lowest BCUT2D eigenvalue weighted by atomic mass is 10.1. The van der Waals surface area contributed by atoms with Gasteiger partial charge in [0.25, 0.3) is 0 Å². The molecule has 1 aromatic carbocycles. The molecule has 0 atom stereocenters. The van der Waals surface area contributed by atoms with Gasteiger partial charge >= 0.3 is 6.18 Å². The molecule has 22 heavy (non-hydrogen) atoms. The molecule has 0 bridgehead atoms. The summed E-state index contributed by atoms with van der Waals surface area (Å²) in [6.45, 7) is 2.38. The van der Waals surface area contributed by atoms with E-state index in [9.17, 15) is 18.0 Å². The summed E-state index contributed by atoms with van der Waals surface area (Å²) in [6, 6.07) is 8.55. The largest absolute Gasteiger partial charge is 0.494 e. The first-order chi connectivity index (χ1) is 10.4. The number of pyridine rings is 1. The first-order valence-corrected chi connectivity index (χ1v) is 6.72. The van der Waals surface area contributed by atoms with Crippen LogP contribution in [-0.4, -0.2) is 12.4 Å². The summed E-state index contributed by atoms with van der Waals surface area (Å²) in [7, 11) is 0. The molecule has 2 aromatic rings. The van der Waals surface area contributed by atoms with Gasteiger partial charge < -0.3 is 4.74 Å². The molecule has 1 heterocycles. The van der Waals surface area contributed by atoms with Gasteiger partial charge in [0.2, 0.25) is 12.3 Å². The number of ketones is 1. The first-order valence-electron chi connectivity index (χ1n) is 6.72. The highest BCUT2D eigenvalue weighted by atomic mass is 19.4. The summed E-state index contributed by atoms with van der Waals surface area (Å²) in [6.07, 6.45) is -1.89. The van der Waals surface area contributed by atoms with Gasteiger partial charge in [-0.25, -0.2) is 0 Å². The van der Waals surface area contributed by atoms with Crippen molar-refractivity contribution in [3.8, 4) is 5.75 Å². The number of ether oxygens (including phenoxy) is 1. The molecule has 0 radical (unpaired) electrons. The van der Waals surface area contributed by atoms with Crippen LogP contribution in [0.3, 0.4) is 0 Å². The Bertz CT molecular complexity index is 634. The van der Waals surface area contributed by atoms with Gasteiger partial charge in [0, 0.05) is 17.7 Å². The summed E-state index contributed by atoms with van der Waals surface area (Å²) in [5.74, 6) is 0.481. The molecule has 0 unspecified atom stereocenters. The van der Waals surface area contributed by atoms with Crippen LogP contribution in [0.2, 0.25) is 0 Å². The van der Waals surface area contributed by atoms with E-state index < -0.39 is 11.7 Å². The molecular weight excluding hydrogens is 295 g/mol. The predicted molar refractivity (Wildman–Crippen MR) is 73.6 cm³/mol. The highest BCUT2D eigenvalue weighted by Crippen LogP contribution is 2.27. The lowest BCUT2D eigenvalue weighted by molar-refractivity contribution is -0.683. The number of nitrogens with zero attached hydrogens (tertiary/aromatic N) is 1. The van der Waals surface area contributed by atoms with Crippen molar-refractivity contribution >= 4 is 5.78 Å². The molecule has 0 aliphatic heterocycles. The predicted octanol–water partition coefficient (Wildman–Crippen LogP) is 3.27. The number of carbonyl (C=O) groups excluding carboxylic acids is 1. The van der Waals surface area contributed by atoms with Crippen LogP contribution in [0.15, 0.2) is 48.8 Å². The van der Waals surface area contributed by atoms with E-state index in [4.69, 9.17) is 4.74 Å². The summed E-state index contributed by atoms with van der Waals surface area (Å²) >= 11 is 0. The van der Waals surface area contributed by atoms with Crippen molar-refractivity contribution in [1.82, 2.24) is 0 Å². The Morgan fingerprint density at radius 2 is 1.68 bits per heavy atom. The van der Waals surface area contributed by atoms with E-state index in [1.165, 1.54) is 17.0 Å². The van der Waals surface area contributed by atoms with Crippen molar-refractivity contribution < 1.29 is 27.3 Å². The number of hydrogen-bond donors (Lipinski definition) is 0. The molecule has 0 saturated heterocycles. The van der Waals surface area contributed by atoms with Crippen LogP contribution < -0.4 is 9.30 Å². The van der Waals surface area contributed by atoms with Gasteiger partial charge in [-0.15, -0.1) is 0 Å². The third-order valence-corrected chi connectivity index (χ3v) is 3.03. The molecule has 6 heteroatoms. The summed E-state index contributed by atoms with van der Waals surface area (Å²) in [4.78, 5) is 12.1. The van der Waals surface area contributed by atoms with Gasteiger partial charge in [-0.3, -0.25) is 4.79 Å². The Balaban J connectivity index is 2.05. The Hall–Kier alpha value is -2.37. The topological polar surface area (TPSA) is 30.2 Å². The van der Waals surface area contributed by atoms with Crippen LogP contribution in [-0.2, 0) is 12.7 Å². The number of Topliss-reactive ketones (excluding diaryl/α,β-unsaturated/α-hetero) is 1. The van der Waals surface area contributed by atoms with Crippen LogP contribution in [0, 0.1) is 0 Å². The monoisotopic (exact) mass is 310 g/mol. The van der Waals surface area contributed by atoms with Crippen LogP contribution in [0.25, 0.3) is 0 Å². The van der Waals surface area contributed by atoms with E-state index in [1.54, 1.807) is 24.3 Å². The second kappa shape index (κ2) is 6.60. The molecule has 3 nitrogen and oxygen atoms in total. The molecular formula is C16H15F3NO2+. The fourth-order valence-corrected chi connectivity index (χ4v) is 1.91. The molecule has 0 amide bonds. The normalized spacial score (nSPS) is 11.3. The van der Waals surface area contributed by atoms with Gasteiger partial charge in [0.1, 0.15) is 5.75 Å². The zero-order valence-electron chi connectivity index (χ0n) is 11.9. The van der Waals surface area contributed by atoms with Crippen molar-refractivity contribution in [3.63, 3.8) is 0 Å². The van der Waals surface area contributed by atoms with E-state index in [0.29, 0.717) is 17.9 Å². The van der Waals surface area contributed by atoms with E-state index in [0.717, 1.165) is 12.1 Å². The van der Waals surface area contributed by atoms with Crippen molar-refractivity contribution in [1.29, 1.82) is 0 Å². The third-order valence-electron chi connectivity index (χ3n) is 3.03. The number of alkyl halides is 3. The number of carbonyl (C=O) groups is 1. The van der Waals surface area contributed by atoms with Crippen LogP contribution >= 0.6 is 0 Å². The maximum Gasteiger partial charge on any atom is 0.416 e. The van der Waals surface area contributed by atoms with Crippen molar-refractivity contribution in [2.75, 3.05) is 6.61 Å². The van der Waals surface area contributed by atoms with Crippen molar-refractivity contribution in [2.24, 2.45) is 0 Å². The molecule has 0 N–H and O–H groups in total. The fourth-order valence-electron chi connectivity index (χ4n) is 1.91. The minimum atomic E-state index is -4.38. The second-order valence-electron chi connectivity index (χ2n) is 4.64. The Kier molecular flexibility index (Phi) is 4.80. The number of benzene rings is 1.